The predicted molar refractivity (Wildman–Crippen MR) is 75.0 cm³/mol. The Labute approximate surface area is 115 Å². The Kier molecular flexibility index (Phi) is 4.72. The number of nitrogens with one attached hydrogen (secondary N) is 1. The molecule has 0 saturated heterocycles. The molecule has 0 aromatic heterocycles. The van der Waals surface area contributed by atoms with Crippen LogP contribution in [-0.4, -0.2) is 14.5 Å². The summed E-state index contributed by atoms with van der Waals surface area (Å²) in [6.45, 7) is 7.80. The monoisotopic (exact) mass is 280 g/mol. The van der Waals surface area contributed by atoms with Crippen molar-refractivity contribution in [1.82, 2.24) is 4.72 Å². The van der Waals surface area contributed by atoms with Gasteiger partial charge in [-0.15, -0.1) is 0 Å². The van der Waals surface area contributed by atoms with Crippen LogP contribution in [0.25, 0.3) is 0 Å². The van der Waals surface area contributed by atoms with E-state index >= 15 is 0 Å². The average molecular weight is 280 g/mol. The second-order valence-corrected chi connectivity index (χ2v) is 7.59. The third kappa shape index (κ3) is 5.01. The summed E-state index contributed by atoms with van der Waals surface area (Å²) in [4.78, 5) is 0.187. The maximum atomic E-state index is 12.1. The van der Waals surface area contributed by atoms with Gasteiger partial charge in [-0.25, -0.2) is 8.42 Å². The lowest BCUT2D eigenvalue weighted by Gasteiger charge is -2.22. The van der Waals surface area contributed by atoms with Crippen LogP contribution in [0.5, 0.6) is 0 Å². The first-order valence-electron chi connectivity index (χ1n) is 6.13. The van der Waals surface area contributed by atoms with Gasteiger partial charge >= 0.3 is 0 Å². The molecule has 0 heterocycles. The van der Waals surface area contributed by atoms with Gasteiger partial charge in [0.2, 0.25) is 10.0 Å². The number of benzene rings is 1. The molecule has 0 spiro atoms. The number of hydrogen-bond acceptors (Lipinski definition) is 3. The van der Waals surface area contributed by atoms with Crippen molar-refractivity contribution in [2.75, 3.05) is 0 Å². The molecule has 19 heavy (non-hydrogen) atoms. The topological polar surface area (TPSA) is 70.0 Å². The summed E-state index contributed by atoms with van der Waals surface area (Å²) in [7, 11) is -3.63. The molecule has 0 amide bonds. The van der Waals surface area contributed by atoms with E-state index in [2.05, 4.69) is 4.72 Å². The van der Waals surface area contributed by atoms with E-state index in [9.17, 15) is 8.42 Å². The zero-order valence-electron chi connectivity index (χ0n) is 11.8. The normalized spacial score (nSPS) is 13.8. The molecule has 1 unspecified atom stereocenters. The molecular weight excluding hydrogens is 260 g/mol. The van der Waals surface area contributed by atoms with E-state index in [0.29, 0.717) is 6.42 Å². The van der Waals surface area contributed by atoms with Crippen LogP contribution in [0.15, 0.2) is 29.2 Å². The molecule has 1 aromatic carbocycles. The fourth-order valence-corrected chi connectivity index (χ4v) is 2.84. The van der Waals surface area contributed by atoms with E-state index in [1.54, 1.807) is 24.3 Å². The number of hydrogen-bond donors (Lipinski definition) is 1. The first-order valence-corrected chi connectivity index (χ1v) is 7.61. The van der Waals surface area contributed by atoms with Crippen molar-refractivity contribution < 1.29 is 8.42 Å². The van der Waals surface area contributed by atoms with Gasteiger partial charge in [0.25, 0.3) is 0 Å². The summed E-state index contributed by atoms with van der Waals surface area (Å²) >= 11 is 0. The highest BCUT2D eigenvalue weighted by Crippen LogP contribution is 2.21. The SMILES string of the molecule is Cc1ccc(S(=O)(=O)NC(C#N)CC(C)(C)C)cc1. The molecule has 1 atom stereocenters. The number of sulfonamides is 1. The van der Waals surface area contributed by atoms with Gasteiger partial charge in [-0.3, -0.25) is 0 Å². The molecule has 1 rings (SSSR count). The van der Waals surface area contributed by atoms with E-state index < -0.39 is 16.1 Å². The van der Waals surface area contributed by atoms with Crippen molar-refractivity contribution in [3.05, 3.63) is 29.8 Å². The van der Waals surface area contributed by atoms with Crippen LogP contribution in [0, 0.1) is 23.7 Å². The van der Waals surface area contributed by atoms with Crippen LogP contribution in [0.1, 0.15) is 32.8 Å². The Balaban J connectivity index is 2.90. The first kappa shape index (κ1) is 15.7. The van der Waals surface area contributed by atoms with Gasteiger partial charge in [0.1, 0.15) is 6.04 Å². The molecule has 4 nitrogen and oxygen atoms in total. The molecule has 0 aliphatic carbocycles. The van der Waals surface area contributed by atoms with Crippen LogP contribution in [0.4, 0.5) is 0 Å². The van der Waals surface area contributed by atoms with Gasteiger partial charge in [-0.1, -0.05) is 38.5 Å². The number of nitriles is 1. The van der Waals surface area contributed by atoms with Crippen LogP contribution in [-0.2, 0) is 10.0 Å². The average Bonchev–Trinajstić information content (AvgIpc) is 2.26. The third-order valence-electron chi connectivity index (χ3n) is 2.60. The summed E-state index contributed by atoms with van der Waals surface area (Å²) in [5.74, 6) is 0. The maximum absolute atomic E-state index is 12.1. The molecule has 0 aliphatic heterocycles. The second kappa shape index (κ2) is 5.72. The second-order valence-electron chi connectivity index (χ2n) is 5.88. The standard InChI is InChI=1S/C14H20N2O2S/c1-11-5-7-13(8-6-11)19(17,18)16-12(10-15)9-14(2,3)4/h5-8,12,16H,9H2,1-4H3. The van der Waals surface area contributed by atoms with Crippen molar-refractivity contribution in [2.45, 2.75) is 45.1 Å². The number of aryl methyl sites for hydroxylation is 1. The lowest BCUT2D eigenvalue weighted by Crippen LogP contribution is -2.36. The van der Waals surface area contributed by atoms with Crippen molar-refractivity contribution in [1.29, 1.82) is 5.26 Å². The highest BCUT2D eigenvalue weighted by molar-refractivity contribution is 7.89. The summed E-state index contributed by atoms with van der Waals surface area (Å²) < 4.78 is 26.7. The Morgan fingerprint density at radius 3 is 2.21 bits per heavy atom. The number of rotatable bonds is 4. The van der Waals surface area contributed by atoms with E-state index in [0.717, 1.165) is 5.56 Å². The quantitative estimate of drug-likeness (QED) is 0.921. The van der Waals surface area contributed by atoms with Crippen LogP contribution in [0.3, 0.4) is 0 Å². The maximum Gasteiger partial charge on any atom is 0.241 e. The molecule has 0 saturated carbocycles. The smallest absolute Gasteiger partial charge is 0.207 e. The van der Waals surface area contributed by atoms with Gasteiger partial charge in [0, 0.05) is 0 Å². The van der Waals surface area contributed by atoms with Crippen molar-refractivity contribution >= 4 is 10.0 Å². The number of nitrogens with zero attached hydrogens (tertiary/aromatic N) is 1. The summed E-state index contributed by atoms with van der Waals surface area (Å²) in [5.41, 5.74) is 0.876. The van der Waals surface area contributed by atoms with Gasteiger partial charge in [0.05, 0.1) is 11.0 Å². The summed E-state index contributed by atoms with van der Waals surface area (Å²) in [5, 5.41) is 9.07. The minimum Gasteiger partial charge on any atom is -0.207 e. The zero-order valence-corrected chi connectivity index (χ0v) is 12.6. The largest absolute Gasteiger partial charge is 0.241 e. The molecule has 1 N–H and O–H groups in total. The van der Waals surface area contributed by atoms with Crippen molar-refractivity contribution in [3.63, 3.8) is 0 Å². The van der Waals surface area contributed by atoms with Crippen LogP contribution >= 0.6 is 0 Å². The molecule has 0 radical (unpaired) electrons. The van der Waals surface area contributed by atoms with E-state index in [1.807, 2.05) is 33.8 Å². The Morgan fingerprint density at radius 2 is 1.79 bits per heavy atom. The molecule has 0 bridgehead atoms. The molecule has 104 valence electrons. The van der Waals surface area contributed by atoms with Gasteiger partial charge in [-0.05, 0) is 30.9 Å². The fraction of sp³-hybridized carbons (Fsp3) is 0.500. The highest BCUT2D eigenvalue weighted by Gasteiger charge is 2.24. The van der Waals surface area contributed by atoms with Crippen LogP contribution < -0.4 is 4.72 Å². The zero-order chi connectivity index (χ0) is 14.7. The van der Waals surface area contributed by atoms with Gasteiger partial charge in [0.15, 0.2) is 0 Å². The summed E-state index contributed by atoms with van der Waals surface area (Å²) in [6, 6.07) is 7.85. The van der Waals surface area contributed by atoms with Crippen molar-refractivity contribution in [2.24, 2.45) is 5.41 Å². The molecular formula is C14H20N2O2S. The summed E-state index contributed by atoms with van der Waals surface area (Å²) in [6.07, 6.45) is 0.467. The molecule has 5 heteroatoms. The third-order valence-corrected chi connectivity index (χ3v) is 4.09. The fourth-order valence-electron chi connectivity index (χ4n) is 1.70. The molecule has 0 aliphatic rings. The minimum absolute atomic E-state index is 0.115. The Hall–Kier alpha value is -1.38. The lowest BCUT2D eigenvalue weighted by molar-refractivity contribution is 0.354. The Morgan fingerprint density at radius 1 is 1.26 bits per heavy atom. The Bertz CT molecular complexity index is 563. The van der Waals surface area contributed by atoms with E-state index in [-0.39, 0.29) is 10.3 Å². The lowest BCUT2D eigenvalue weighted by atomic mass is 9.89. The van der Waals surface area contributed by atoms with Gasteiger partial charge < -0.3 is 0 Å². The van der Waals surface area contributed by atoms with Crippen LogP contribution in [0.2, 0.25) is 0 Å². The predicted octanol–water partition coefficient (Wildman–Crippen LogP) is 2.60. The van der Waals surface area contributed by atoms with Crippen molar-refractivity contribution in [3.8, 4) is 6.07 Å². The van der Waals surface area contributed by atoms with Gasteiger partial charge in [-0.2, -0.15) is 9.98 Å². The molecule has 0 fully saturated rings. The van der Waals surface area contributed by atoms with E-state index in [4.69, 9.17) is 5.26 Å². The first-order chi connectivity index (χ1) is 8.64. The molecule has 1 aromatic rings. The highest BCUT2D eigenvalue weighted by atomic mass is 32.2. The van der Waals surface area contributed by atoms with E-state index in [1.165, 1.54) is 0 Å². The minimum atomic E-state index is -3.63.